The summed E-state index contributed by atoms with van der Waals surface area (Å²) in [7, 11) is -2.26. The number of benzene rings is 2. The van der Waals surface area contributed by atoms with Crippen LogP contribution in [0, 0.1) is 17.6 Å². The van der Waals surface area contributed by atoms with Crippen LogP contribution in [0.2, 0.25) is 5.02 Å². The second kappa shape index (κ2) is 13.5. The highest BCUT2D eigenvalue weighted by Gasteiger charge is 2.58. The van der Waals surface area contributed by atoms with E-state index in [0.29, 0.717) is 38.7 Å². The summed E-state index contributed by atoms with van der Waals surface area (Å²) < 4.78 is 118. The summed E-state index contributed by atoms with van der Waals surface area (Å²) in [4.78, 5) is 26.9. The van der Waals surface area contributed by atoms with Gasteiger partial charge in [0.2, 0.25) is 15.9 Å². The minimum Gasteiger partial charge on any atom is -0.346 e. The number of allylic oxidation sites excluding steroid dienone is 1. The number of halogens is 7. The SMILES string of the molecule is Cn1nc(NS(C)(=O)=O)c2c(Cl)ccc(-c3cc4[nH]c(C5CC5)nc4nc3[C@H](Cc3cc(F)cc(F)c3)NC(=O)Cn3nc(C(F)F)c4c3C(F)(F)[C@@H]3C=C=C[C@H]43)c21. The third kappa shape index (κ3) is 6.50. The van der Waals surface area contributed by atoms with Crippen LogP contribution in [0.25, 0.3) is 33.2 Å². The molecule has 0 saturated heterocycles. The van der Waals surface area contributed by atoms with Crippen molar-refractivity contribution in [3.05, 3.63) is 105 Å². The number of aromatic nitrogens is 7. The highest BCUT2D eigenvalue weighted by atomic mass is 35.5. The molecule has 0 bridgehead atoms. The van der Waals surface area contributed by atoms with E-state index in [9.17, 15) is 30.8 Å². The molecule has 0 spiro atoms. The van der Waals surface area contributed by atoms with Gasteiger partial charge in [0, 0.05) is 41.6 Å². The van der Waals surface area contributed by atoms with E-state index in [1.165, 1.54) is 16.8 Å². The summed E-state index contributed by atoms with van der Waals surface area (Å²) in [5.41, 5.74) is 2.51. The Bertz CT molecular complexity index is 2880. The van der Waals surface area contributed by atoms with E-state index in [-0.39, 0.29) is 51.0 Å². The Labute approximate surface area is 330 Å². The monoisotopic (exact) mass is 841 g/mol. The fourth-order valence-corrected chi connectivity index (χ4v) is 8.81. The van der Waals surface area contributed by atoms with Gasteiger partial charge < -0.3 is 10.3 Å². The Hall–Kier alpha value is -5.65. The first-order valence-electron chi connectivity index (χ1n) is 17.9. The second-order valence-corrected chi connectivity index (χ2v) is 16.9. The normalized spacial score (nSPS) is 18.7. The molecule has 1 amide bonds. The zero-order valence-corrected chi connectivity index (χ0v) is 31.9. The van der Waals surface area contributed by atoms with Gasteiger partial charge in [-0.05, 0) is 61.2 Å². The second-order valence-electron chi connectivity index (χ2n) is 14.7. The Kier molecular flexibility index (Phi) is 8.79. The van der Waals surface area contributed by atoms with Crippen molar-refractivity contribution in [1.29, 1.82) is 0 Å². The standard InChI is InChI=1S/C38H30ClF6N9O3S/c1-53-32-20(8-9-24(39)29(32)37(51-53)52-58(2,56)57)22-14-26-36(49-35(47-26)17-6-7-17)48-30(22)25(12-16-10-18(40)13-19(41)11-16)46-27(55)15-54-33-28(31(50-54)34(42)43)21-4-3-5-23(21)38(33,44)45/h4-5,8-11,13-14,17,21,23,25,34H,6-7,12,15H2,1-2H3,(H,46,55)(H,51,52)(H,47,48,49)/t21-,23+,25-/m0/s1. The number of hydrogen-bond acceptors (Lipinski definition) is 7. The molecule has 20 heteroatoms. The third-order valence-corrected chi connectivity index (χ3v) is 11.4. The van der Waals surface area contributed by atoms with E-state index in [1.807, 2.05) is 0 Å². The molecule has 4 aromatic heterocycles. The molecule has 300 valence electrons. The van der Waals surface area contributed by atoms with Crippen LogP contribution >= 0.6 is 11.6 Å². The van der Waals surface area contributed by atoms with E-state index in [1.54, 1.807) is 19.2 Å². The number of aryl methyl sites for hydroxylation is 1. The maximum absolute atomic E-state index is 15.8. The van der Waals surface area contributed by atoms with Gasteiger partial charge in [-0.25, -0.2) is 35.9 Å². The number of imidazole rings is 1. The fourth-order valence-electron chi connectivity index (χ4n) is 8.08. The van der Waals surface area contributed by atoms with Crippen LogP contribution in [0.15, 0.2) is 54.3 Å². The lowest BCUT2D eigenvalue weighted by molar-refractivity contribution is -0.123. The smallest absolute Gasteiger partial charge is 0.297 e. The number of pyridine rings is 1. The first kappa shape index (κ1) is 37.9. The van der Waals surface area contributed by atoms with E-state index in [2.05, 4.69) is 35.9 Å². The van der Waals surface area contributed by atoms with Gasteiger partial charge in [0.1, 0.15) is 35.4 Å². The van der Waals surface area contributed by atoms with Crippen LogP contribution in [-0.2, 0) is 40.8 Å². The predicted octanol–water partition coefficient (Wildman–Crippen LogP) is 7.46. The Morgan fingerprint density at radius 3 is 2.48 bits per heavy atom. The maximum Gasteiger partial charge on any atom is 0.297 e. The summed E-state index contributed by atoms with van der Waals surface area (Å²) >= 11 is 6.64. The minimum atomic E-state index is -3.82. The molecule has 3 N–H and O–H groups in total. The number of nitrogens with zero attached hydrogens (tertiary/aromatic N) is 6. The summed E-state index contributed by atoms with van der Waals surface area (Å²) in [5.74, 6) is -8.26. The third-order valence-electron chi connectivity index (χ3n) is 10.5. The number of H-pyrrole nitrogens is 1. The van der Waals surface area contributed by atoms with Crippen LogP contribution < -0.4 is 10.0 Å². The highest BCUT2D eigenvalue weighted by molar-refractivity contribution is 7.92. The lowest BCUT2D eigenvalue weighted by Crippen LogP contribution is -2.35. The summed E-state index contributed by atoms with van der Waals surface area (Å²) in [6.07, 6.45) is 1.60. The number of aromatic amines is 1. The molecular weight excluding hydrogens is 812 g/mol. The average molecular weight is 842 g/mol. The van der Waals surface area contributed by atoms with Gasteiger partial charge in [0.15, 0.2) is 11.5 Å². The molecule has 3 aliphatic carbocycles. The fraction of sp³-hybridized carbons (Fsp3) is 0.316. The maximum atomic E-state index is 15.8. The van der Waals surface area contributed by atoms with Crippen LogP contribution in [0.1, 0.15) is 71.2 Å². The first-order valence-corrected chi connectivity index (χ1v) is 20.2. The zero-order chi connectivity index (χ0) is 41.0. The Morgan fingerprint density at radius 1 is 1.05 bits per heavy atom. The van der Waals surface area contributed by atoms with E-state index < -0.39 is 75.7 Å². The molecule has 2 aromatic carbocycles. The predicted molar refractivity (Wildman–Crippen MR) is 200 cm³/mol. The highest BCUT2D eigenvalue weighted by Crippen LogP contribution is 2.57. The van der Waals surface area contributed by atoms with Crippen molar-refractivity contribution in [2.75, 3.05) is 11.0 Å². The van der Waals surface area contributed by atoms with Crippen LogP contribution in [0.3, 0.4) is 0 Å². The van der Waals surface area contributed by atoms with Crippen molar-refractivity contribution in [3.8, 4) is 11.1 Å². The number of rotatable bonds is 11. The molecule has 6 aromatic rings. The molecule has 0 unspecified atom stereocenters. The molecule has 1 fully saturated rings. The molecule has 0 radical (unpaired) electrons. The number of anilines is 1. The number of hydrogen-bond donors (Lipinski definition) is 3. The van der Waals surface area contributed by atoms with Crippen molar-refractivity contribution >= 4 is 55.4 Å². The number of amides is 1. The van der Waals surface area contributed by atoms with Gasteiger partial charge in [-0.15, -0.1) is 5.73 Å². The Morgan fingerprint density at radius 2 is 1.79 bits per heavy atom. The van der Waals surface area contributed by atoms with E-state index in [4.69, 9.17) is 16.6 Å². The van der Waals surface area contributed by atoms with Gasteiger partial charge in [0.25, 0.3) is 12.3 Å². The average Bonchev–Trinajstić information content (AvgIpc) is 3.41. The molecule has 3 aliphatic rings. The molecule has 12 nitrogen and oxygen atoms in total. The number of carbonyl (C=O) groups excluding carboxylic acids is 1. The van der Waals surface area contributed by atoms with Crippen molar-refractivity contribution in [3.63, 3.8) is 0 Å². The van der Waals surface area contributed by atoms with E-state index >= 15 is 8.78 Å². The number of carbonyl (C=O) groups is 1. The molecule has 9 rings (SSSR count). The van der Waals surface area contributed by atoms with Crippen LogP contribution in [0.5, 0.6) is 0 Å². The van der Waals surface area contributed by atoms with Gasteiger partial charge in [-0.1, -0.05) is 17.7 Å². The molecule has 58 heavy (non-hydrogen) atoms. The number of fused-ring (bicyclic) bond motifs is 5. The summed E-state index contributed by atoms with van der Waals surface area (Å²) in [6.45, 7) is -0.926. The molecule has 0 aliphatic heterocycles. The van der Waals surface area contributed by atoms with Gasteiger partial charge in [-0.3, -0.25) is 18.9 Å². The number of sulfonamides is 1. The lowest BCUT2D eigenvalue weighted by atomic mass is 9.94. The quantitative estimate of drug-likeness (QED) is 0.0905. The van der Waals surface area contributed by atoms with Gasteiger partial charge in [0.05, 0.1) is 45.4 Å². The molecular formula is C38H30ClF6N9O3S. The van der Waals surface area contributed by atoms with Crippen molar-refractivity contribution < 1.29 is 39.6 Å². The molecule has 1 saturated carbocycles. The molecule has 3 atom stereocenters. The topological polar surface area (TPSA) is 152 Å². The van der Waals surface area contributed by atoms with Crippen LogP contribution in [-0.4, -0.2) is 55.1 Å². The number of nitrogens with one attached hydrogen (secondary N) is 3. The summed E-state index contributed by atoms with van der Waals surface area (Å²) in [6, 6.07) is 6.36. The van der Waals surface area contributed by atoms with Crippen molar-refractivity contribution in [2.45, 2.75) is 56.0 Å². The van der Waals surface area contributed by atoms with E-state index in [0.717, 1.165) is 37.3 Å². The van der Waals surface area contributed by atoms with Crippen molar-refractivity contribution in [2.24, 2.45) is 13.0 Å². The van der Waals surface area contributed by atoms with Gasteiger partial charge in [-0.2, -0.15) is 19.0 Å². The largest absolute Gasteiger partial charge is 0.346 e. The minimum absolute atomic E-state index is 0.0677. The van der Waals surface area contributed by atoms with Crippen LogP contribution in [0.4, 0.5) is 32.2 Å². The Balaban J connectivity index is 1.20. The van der Waals surface area contributed by atoms with Crippen molar-refractivity contribution in [1.82, 2.24) is 39.8 Å². The number of alkyl halides is 4. The first-order chi connectivity index (χ1) is 27.5. The lowest BCUT2D eigenvalue weighted by Gasteiger charge is -2.23. The zero-order valence-electron chi connectivity index (χ0n) is 30.3. The van der Waals surface area contributed by atoms with Gasteiger partial charge >= 0.3 is 0 Å². The summed E-state index contributed by atoms with van der Waals surface area (Å²) in [5, 5.41) is 11.3. The molecule has 4 heterocycles.